The predicted octanol–water partition coefficient (Wildman–Crippen LogP) is 5.56. The third-order valence-corrected chi connectivity index (χ3v) is 5.28. The third-order valence-electron chi connectivity index (χ3n) is 4.89. The van der Waals surface area contributed by atoms with Crippen LogP contribution in [0.5, 0.6) is 5.75 Å². The van der Waals surface area contributed by atoms with Gasteiger partial charge in [0.1, 0.15) is 0 Å². The Labute approximate surface area is 190 Å². The molecule has 2 aromatic carbocycles. The minimum Gasteiger partial charge on any atom is -0.434 e. The van der Waals surface area contributed by atoms with E-state index in [0.717, 1.165) is 16.5 Å². The Morgan fingerprint density at radius 2 is 1.81 bits per heavy atom. The van der Waals surface area contributed by atoms with Crippen LogP contribution in [0.1, 0.15) is 23.4 Å². The number of carbonyl (C=O) groups excluding carboxylic acids is 1. The molecule has 2 heterocycles. The molecule has 0 fully saturated rings. The maximum atomic E-state index is 11.9. The molecule has 0 saturated carbocycles. The quantitative estimate of drug-likeness (QED) is 0.280. The van der Waals surface area contributed by atoms with Gasteiger partial charge in [-0.15, -0.1) is 11.6 Å². The van der Waals surface area contributed by atoms with Crippen LogP contribution in [0.25, 0.3) is 11.0 Å². The number of ether oxygens (including phenoxy) is 2. The second-order valence-corrected chi connectivity index (χ2v) is 7.59. The Balaban J connectivity index is 1.65. The second kappa shape index (κ2) is 10.2. The Kier molecular flexibility index (Phi) is 6.87. The van der Waals surface area contributed by atoms with Gasteiger partial charge in [0, 0.05) is 6.54 Å². The Hall–Kier alpha value is -3.58. The Bertz CT molecular complexity index is 1180. The molecule has 0 aliphatic carbocycles. The second-order valence-electron chi connectivity index (χ2n) is 7.06. The fourth-order valence-corrected chi connectivity index (χ4v) is 3.62. The van der Waals surface area contributed by atoms with Crippen molar-refractivity contribution in [1.29, 1.82) is 0 Å². The zero-order chi connectivity index (χ0) is 22.3. The van der Waals surface area contributed by atoms with E-state index in [2.05, 4.69) is 15.4 Å². The van der Waals surface area contributed by atoms with Crippen LogP contribution in [0.4, 0.5) is 10.5 Å². The van der Waals surface area contributed by atoms with Crippen molar-refractivity contribution in [1.82, 2.24) is 14.8 Å². The molecule has 0 bridgehead atoms. The molecule has 32 heavy (non-hydrogen) atoms. The van der Waals surface area contributed by atoms with Gasteiger partial charge in [0.15, 0.2) is 11.4 Å². The summed E-state index contributed by atoms with van der Waals surface area (Å²) in [5, 5.41) is 8.31. The van der Waals surface area contributed by atoms with Crippen LogP contribution in [0, 0.1) is 0 Å². The standard InChI is InChI=1S/C24H23ClN4O3/c1-2-31-24(30)32-21-15-27-23-19(22(21)26-13-17-9-5-3-6-10-17)14-28-29(23)16-20(25)18-11-7-4-8-12-18/h3-12,14-15,20H,2,13,16H2,1H3,(H,26,27). The number of fused-ring (bicyclic) bond motifs is 1. The number of pyridine rings is 1. The molecule has 164 valence electrons. The summed E-state index contributed by atoms with van der Waals surface area (Å²) in [6.07, 6.45) is 2.41. The molecule has 0 aliphatic heterocycles. The number of hydrogen-bond donors (Lipinski definition) is 1. The van der Waals surface area contributed by atoms with Crippen LogP contribution in [0.15, 0.2) is 73.1 Å². The van der Waals surface area contributed by atoms with E-state index in [0.29, 0.717) is 24.4 Å². The van der Waals surface area contributed by atoms with Crippen molar-refractivity contribution < 1.29 is 14.3 Å². The number of hydrogen-bond acceptors (Lipinski definition) is 6. The highest BCUT2D eigenvalue weighted by Gasteiger charge is 2.19. The SMILES string of the molecule is CCOC(=O)Oc1cnc2c(cnn2CC(Cl)c2ccccc2)c1NCc1ccccc1. The normalized spacial score (nSPS) is 11.8. The highest BCUT2D eigenvalue weighted by atomic mass is 35.5. The van der Waals surface area contributed by atoms with Crippen molar-refractivity contribution in [2.75, 3.05) is 11.9 Å². The first-order valence-electron chi connectivity index (χ1n) is 10.3. The van der Waals surface area contributed by atoms with Gasteiger partial charge >= 0.3 is 6.16 Å². The molecular weight excluding hydrogens is 428 g/mol. The molecule has 1 N–H and O–H groups in total. The molecule has 0 aliphatic rings. The van der Waals surface area contributed by atoms with Gasteiger partial charge < -0.3 is 14.8 Å². The molecule has 4 aromatic rings. The van der Waals surface area contributed by atoms with E-state index in [9.17, 15) is 4.79 Å². The van der Waals surface area contributed by atoms with Crippen molar-refractivity contribution >= 4 is 34.5 Å². The molecule has 0 saturated heterocycles. The van der Waals surface area contributed by atoms with Crippen LogP contribution in [-0.4, -0.2) is 27.5 Å². The zero-order valence-corrected chi connectivity index (χ0v) is 18.3. The lowest BCUT2D eigenvalue weighted by molar-refractivity contribution is 0.104. The summed E-state index contributed by atoms with van der Waals surface area (Å²) in [5.41, 5.74) is 3.33. The summed E-state index contributed by atoms with van der Waals surface area (Å²) >= 11 is 6.62. The minimum absolute atomic E-state index is 0.218. The highest BCUT2D eigenvalue weighted by molar-refractivity contribution is 6.20. The summed E-state index contributed by atoms with van der Waals surface area (Å²) in [7, 11) is 0. The van der Waals surface area contributed by atoms with Crippen molar-refractivity contribution in [2.24, 2.45) is 0 Å². The Morgan fingerprint density at radius 3 is 2.53 bits per heavy atom. The van der Waals surface area contributed by atoms with Crippen molar-refractivity contribution in [2.45, 2.75) is 25.4 Å². The smallest absolute Gasteiger partial charge is 0.434 e. The third kappa shape index (κ3) is 5.00. The topological polar surface area (TPSA) is 78.3 Å². The number of alkyl halides is 1. The summed E-state index contributed by atoms with van der Waals surface area (Å²) < 4.78 is 12.1. The maximum absolute atomic E-state index is 11.9. The average molecular weight is 451 g/mol. The Morgan fingerprint density at radius 1 is 1.09 bits per heavy atom. The monoisotopic (exact) mass is 450 g/mol. The van der Waals surface area contributed by atoms with Crippen LogP contribution in [0.2, 0.25) is 0 Å². The minimum atomic E-state index is -0.784. The number of nitrogens with one attached hydrogen (secondary N) is 1. The van der Waals surface area contributed by atoms with Gasteiger partial charge in [-0.05, 0) is 18.1 Å². The average Bonchev–Trinajstić information content (AvgIpc) is 3.22. The molecular formula is C24H23ClN4O3. The first kappa shape index (κ1) is 21.6. The van der Waals surface area contributed by atoms with Gasteiger partial charge in [-0.2, -0.15) is 5.10 Å². The highest BCUT2D eigenvalue weighted by Crippen LogP contribution is 2.33. The molecule has 8 heteroatoms. The van der Waals surface area contributed by atoms with Gasteiger partial charge in [0.25, 0.3) is 0 Å². The summed E-state index contributed by atoms with van der Waals surface area (Å²) in [6.45, 7) is 2.91. The number of aromatic nitrogens is 3. The molecule has 2 aromatic heterocycles. The van der Waals surface area contributed by atoms with E-state index in [1.807, 2.05) is 60.7 Å². The van der Waals surface area contributed by atoms with Crippen LogP contribution in [-0.2, 0) is 17.8 Å². The number of benzene rings is 2. The number of anilines is 1. The van der Waals surface area contributed by atoms with Crippen molar-refractivity contribution in [3.05, 3.63) is 84.2 Å². The van der Waals surface area contributed by atoms with Gasteiger partial charge in [-0.25, -0.2) is 14.5 Å². The van der Waals surface area contributed by atoms with Crippen molar-refractivity contribution in [3.63, 3.8) is 0 Å². The number of halogens is 1. The van der Waals surface area contributed by atoms with E-state index >= 15 is 0 Å². The van der Waals surface area contributed by atoms with E-state index in [-0.39, 0.29) is 17.7 Å². The van der Waals surface area contributed by atoms with Crippen LogP contribution in [0.3, 0.4) is 0 Å². The number of nitrogens with zero attached hydrogens (tertiary/aromatic N) is 3. The van der Waals surface area contributed by atoms with Gasteiger partial charge in [0.2, 0.25) is 0 Å². The summed E-state index contributed by atoms with van der Waals surface area (Å²) in [5.74, 6) is 0.275. The van der Waals surface area contributed by atoms with Gasteiger partial charge in [-0.3, -0.25) is 0 Å². The molecule has 0 amide bonds. The van der Waals surface area contributed by atoms with Crippen LogP contribution < -0.4 is 10.1 Å². The van der Waals surface area contributed by atoms with Gasteiger partial charge in [-0.1, -0.05) is 60.7 Å². The fraction of sp³-hybridized carbons (Fsp3) is 0.208. The first-order valence-corrected chi connectivity index (χ1v) is 10.7. The van der Waals surface area contributed by atoms with Gasteiger partial charge in [0.05, 0.1) is 42.0 Å². The first-order chi connectivity index (χ1) is 15.7. The molecule has 1 atom stereocenters. The predicted molar refractivity (Wildman–Crippen MR) is 124 cm³/mol. The fourth-order valence-electron chi connectivity index (χ4n) is 3.34. The largest absolute Gasteiger partial charge is 0.513 e. The number of rotatable bonds is 8. The van der Waals surface area contributed by atoms with E-state index in [1.54, 1.807) is 17.8 Å². The molecule has 4 rings (SSSR count). The lowest BCUT2D eigenvalue weighted by Crippen LogP contribution is -2.13. The lowest BCUT2D eigenvalue weighted by Gasteiger charge is -2.14. The van der Waals surface area contributed by atoms with Crippen LogP contribution >= 0.6 is 11.6 Å². The summed E-state index contributed by atoms with van der Waals surface area (Å²) in [6, 6.07) is 19.7. The van der Waals surface area contributed by atoms with E-state index < -0.39 is 6.16 Å². The summed E-state index contributed by atoms with van der Waals surface area (Å²) in [4.78, 5) is 16.4. The number of carbonyl (C=O) groups is 1. The van der Waals surface area contributed by atoms with E-state index in [4.69, 9.17) is 21.1 Å². The molecule has 0 spiro atoms. The molecule has 7 nitrogen and oxygen atoms in total. The molecule has 0 radical (unpaired) electrons. The zero-order valence-electron chi connectivity index (χ0n) is 17.6. The van der Waals surface area contributed by atoms with Crippen molar-refractivity contribution in [3.8, 4) is 5.75 Å². The van der Waals surface area contributed by atoms with E-state index in [1.165, 1.54) is 6.20 Å². The lowest BCUT2D eigenvalue weighted by atomic mass is 10.1. The molecule has 1 unspecified atom stereocenters. The maximum Gasteiger partial charge on any atom is 0.513 e.